The van der Waals surface area contributed by atoms with Gasteiger partial charge in [-0.25, -0.2) is 0 Å². The maximum atomic E-state index is 12.7. The molecule has 0 radical (unpaired) electrons. The minimum Gasteiger partial charge on any atom is -0.361 e. The summed E-state index contributed by atoms with van der Waals surface area (Å²) in [6.45, 7) is 5.96. The predicted octanol–water partition coefficient (Wildman–Crippen LogP) is 2.82. The Labute approximate surface area is 147 Å². The Morgan fingerprint density at radius 1 is 1.32 bits per heavy atom. The van der Waals surface area contributed by atoms with Gasteiger partial charge < -0.3 is 4.52 Å². The average Bonchev–Trinajstić information content (AvgIpc) is 3.23. The van der Waals surface area contributed by atoms with Gasteiger partial charge in [-0.05, 0) is 19.1 Å². The van der Waals surface area contributed by atoms with E-state index in [4.69, 9.17) is 4.52 Å². The number of para-hydroxylation sites is 1. The standard InChI is InChI=1S/C17H15N5O2S/c1-3-8-21-15(23)13-6-4-5-7-14(13)22-16(21)18-19-17(22)25-10-12-9-11(2)24-20-12/h3-7,9H,1,8,10H2,2H3. The first kappa shape index (κ1) is 15.6. The summed E-state index contributed by atoms with van der Waals surface area (Å²) < 4.78 is 8.57. The van der Waals surface area contributed by atoms with Gasteiger partial charge in [-0.15, -0.1) is 16.8 Å². The SMILES string of the molecule is C=CCn1c(=O)c2ccccc2n2c(SCc3cc(C)on3)nnc12. The predicted molar refractivity (Wildman–Crippen MR) is 95.8 cm³/mol. The number of aromatic nitrogens is 5. The molecule has 8 heteroatoms. The molecule has 3 heterocycles. The second kappa shape index (κ2) is 6.21. The van der Waals surface area contributed by atoms with Crippen LogP contribution in [0.3, 0.4) is 0 Å². The first-order chi connectivity index (χ1) is 12.2. The van der Waals surface area contributed by atoms with Crippen LogP contribution in [0.1, 0.15) is 11.5 Å². The van der Waals surface area contributed by atoms with Crippen molar-refractivity contribution in [2.75, 3.05) is 0 Å². The molecule has 0 unspecified atom stereocenters. The first-order valence-electron chi connectivity index (χ1n) is 7.71. The van der Waals surface area contributed by atoms with Crippen LogP contribution in [0, 0.1) is 6.92 Å². The molecule has 4 rings (SSSR count). The summed E-state index contributed by atoms with van der Waals surface area (Å²) in [6.07, 6.45) is 1.68. The summed E-state index contributed by atoms with van der Waals surface area (Å²) in [5.41, 5.74) is 1.52. The van der Waals surface area contributed by atoms with E-state index >= 15 is 0 Å². The summed E-state index contributed by atoms with van der Waals surface area (Å²) in [4.78, 5) is 12.7. The van der Waals surface area contributed by atoms with E-state index in [1.165, 1.54) is 11.8 Å². The largest absolute Gasteiger partial charge is 0.361 e. The highest BCUT2D eigenvalue weighted by molar-refractivity contribution is 7.98. The lowest BCUT2D eigenvalue weighted by atomic mass is 10.2. The number of nitrogens with zero attached hydrogens (tertiary/aromatic N) is 5. The molecule has 0 N–H and O–H groups in total. The molecule has 0 fully saturated rings. The molecule has 0 bridgehead atoms. The van der Waals surface area contributed by atoms with Crippen molar-refractivity contribution in [3.05, 3.63) is 64.8 Å². The molecule has 1 aromatic carbocycles. The fourth-order valence-corrected chi connectivity index (χ4v) is 3.57. The minimum atomic E-state index is -0.0981. The number of rotatable bonds is 5. The Morgan fingerprint density at radius 3 is 2.92 bits per heavy atom. The van der Waals surface area contributed by atoms with E-state index in [2.05, 4.69) is 21.9 Å². The molecular weight excluding hydrogens is 338 g/mol. The van der Waals surface area contributed by atoms with Gasteiger partial charge in [0.25, 0.3) is 5.56 Å². The van der Waals surface area contributed by atoms with Gasteiger partial charge in [0, 0.05) is 18.4 Å². The Balaban J connectivity index is 1.88. The average molecular weight is 353 g/mol. The van der Waals surface area contributed by atoms with Gasteiger partial charge in [-0.2, -0.15) is 0 Å². The van der Waals surface area contributed by atoms with Gasteiger partial charge in [-0.1, -0.05) is 35.1 Å². The number of thioether (sulfide) groups is 1. The molecule has 0 aliphatic carbocycles. The smallest absolute Gasteiger partial charge is 0.263 e. The van der Waals surface area contributed by atoms with Crippen LogP contribution in [0.4, 0.5) is 0 Å². The normalized spacial score (nSPS) is 11.4. The first-order valence-corrected chi connectivity index (χ1v) is 8.70. The Hall–Kier alpha value is -2.87. The van der Waals surface area contributed by atoms with Crippen LogP contribution in [0.5, 0.6) is 0 Å². The molecule has 0 aliphatic rings. The number of fused-ring (bicyclic) bond motifs is 3. The van der Waals surface area contributed by atoms with E-state index in [0.717, 1.165) is 17.0 Å². The maximum absolute atomic E-state index is 12.7. The van der Waals surface area contributed by atoms with E-state index in [1.807, 2.05) is 41.7 Å². The molecule has 3 aromatic heterocycles. The van der Waals surface area contributed by atoms with Gasteiger partial charge in [0.1, 0.15) is 5.76 Å². The number of hydrogen-bond donors (Lipinski definition) is 0. The molecule has 25 heavy (non-hydrogen) atoms. The highest BCUT2D eigenvalue weighted by Crippen LogP contribution is 2.24. The van der Waals surface area contributed by atoms with Crippen molar-refractivity contribution in [1.82, 2.24) is 24.3 Å². The quantitative estimate of drug-likeness (QED) is 0.405. The molecule has 0 amide bonds. The Bertz CT molecular complexity index is 1140. The summed E-state index contributed by atoms with van der Waals surface area (Å²) in [6, 6.07) is 9.35. The number of benzene rings is 1. The lowest BCUT2D eigenvalue weighted by molar-refractivity contribution is 0.393. The molecule has 0 atom stereocenters. The van der Waals surface area contributed by atoms with Crippen LogP contribution in [0.25, 0.3) is 16.7 Å². The molecule has 0 saturated carbocycles. The molecule has 126 valence electrons. The van der Waals surface area contributed by atoms with Gasteiger partial charge in [0.15, 0.2) is 5.16 Å². The minimum absolute atomic E-state index is 0.0981. The fourth-order valence-electron chi connectivity index (χ4n) is 2.75. The monoisotopic (exact) mass is 353 g/mol. The van der Waals surface area contributed by atoms with E-state index in [0.29, 0.717) is 28.6 Å². The zero-order valence-corrected chi connectivity index (χ0v) is 14.4. The topological polar surface area (TPSA) is 78.2 Å². The molecule has 4 aromatic rings. The van der Waals surface area contributed by atoms with E-state index in [-0.39, 0.29) is 5.56 Å². The van der Waals surface area contributed by atoms with Crippen LogP contribution >= 0.6 is 11.8 Å². The summed E-state index contributed by atoms with van der Waals surface area (Å²) in [7, 11) is 0. The van der Waals surface area contributed by atoms with Gasteiger partial charge >= 0.3 is 0 Å². The van der Waals surface area contributed by atoms with Crippen molar-refractivity contribution in [3.63, 3.8) is 0 Å². The third-order valence-electron chi connectivity index (χ3n) is 3.82. The highest BCUT2D eigenvalue weighted by Gasteiger charge is 2.16. The molecule has 0 spiro atoms. The van der Waals surface area contributed by atoms with Crippen LogP contribution in [-0.2, 0) is 12.3 Å². The summed E-state index contributed by atoms with van der Waals surface area (Å²) >= 11 is 1.50. The third-order valence-corrected chi connectivity index (χ3v) is 4.78. The van der Waals surface area contributed by atoms with Crippen molar-refractivity contribution < 1.29 is 4.52 Å². The van der Waals surface area contributed by atoms with E-state index in [9.17, 15) is 4.79 Å². The summed E-state index contributed by atoms with van der Waals surface area (Å²) in [5.74, 6) is 1.88. The second-order valence-electron chi connectivity index (χ2n) is 5.56. The van der Waals surface area contributed by atoms with Crippen molar-refractivity contribution in [2.45, 2.75) is 24.4 Å². The van der Waals surface area contributed by atoms with Gasteiger partial charge in [0.05, 0.1) is 16.6 Å². The summed E-state index contributed by atoms with van der Waals surface area (Å²) in [5, 5.41) is 13.8. The van der Waals surface area contributed by atoms with Gasteiger partial charge in [0.2, 0.25) is 5.78 Å². The van der Waals surface area contributed by atoms with Crippen molar-refractivity contribution in [3.8, 4) is 0 Å². The highest BCUT2D eigenvalue weighted by atomic mass is 32.2. The maximum Gasteiger partial charge on any atom is 0.263 e. The van der Waals surface area contributed by atoms with Crippen LogP contribution < -0.4 is 5.56 Å². The number of hydrogen-bond acceptors (Lipinski definition) is 6. The lowest BCUT2D eigenvalue weighted by Crippen LogP contribution is -2.22. The number of allylic oxidation sites excluding steroid dienone is 1. The zero-order valence-electron chi connectivity index (χ0n) is 13.5. The molecule has 0 saturated heterocycles. The molecule has 0 aliphatic heterocycles. The van der Waals surface area contributed by atoms with Crippen LogP contribution in [0.2, 0.25) is 0 Å². The zero-order chi connectivity index (χ0) is 17.4. The van der Waals surface area contributed by atoms with Crippen LogP contribution in [-0.4, -0.2) is 24.3 Å². The van der Waals surface area contributed by atoms with E-state index in [1.54, 1.807) is 10.6 Å². The van der Waals surface area contributed by atoms with Gasteiger partial charge in [-0.3, -0.25) is 13.8 Å². The van der Waals surface area contributed by atoms with Crippen LogP contribution in [0.15, 0.2) is 57.5 Å². The Morgan fingerprint density at radius 2 is 2.16 bits per heavy atom. The lowest BCUT2D eigenvalue weighted by Gasteiger charge is -2.09. The number of aryl methyl sites for hydroxylation is 1. The van der Waals surface area contributed by atoms with Crippen molar-refractivity contribution >= 4 is 28.4 Å². The molecular formula is C17H15N5O2S. The van der Waals surface area contributed by atoms with E-state index < -0.39 is 0 Å². The second-order valence-corrected chi connectivity index (χ2v) is 6.50. The van der Waals surface area contributed by atoms with Crippen molar-refractivity contribution in [1.29, 1.82) is 0 Å². The fraction of sp³-hybridized carbons (Fsp3) is 0.176. The third kappa shape index (κ3) is 2.64. The molecule has 7 nitrogen and oxygen atoms in total. The van der Waals surface area contributed by atoms with Crippen molar-refractivity contribution in [2.24, 2.45) is 0 Å². The Kier molecular flexibility index (Phi) is 3.89.